The molecule has 0 saturated carbocycles. The van der Waals surface area contributed by atoms with Crippen LogP contribution in [0.25, 0.3) is 0 Å². The number of aryl methyl sites for hydroxylation is 2. The molecule has 0 saturated heterocycles. The molecule has 104 valence electrons. The lowest BCUT2D eigenvalue weighted by atomic mass is 10.2. The number of carboxylic acids is 1. The van der Waals surface area contributed by atoms with E-state index < -0.39 is 17.7 Å². The van der Waals surface area contributed by atoms with Gasteiger partial charge in [0.05, 0.1) is 5.69 Å². The van der Waals surface area contributed by atoms with E-state index in [9.17, 15) is 14.0 Å². The second-order valence-corrected chi connectivity index (χ2v) is 4.20. The number of hydrogen-bond donors (Lipinski definition) is 2. The average Bonchev–Trinajstić information content (AvgIpc) is 2.64. The van der Waals surface area contributed by atoms with Crippen LogP contribution in [-0.4, -0.2) is 26.8 Å². The van der Waals surface area contributed by atoms with Crippen LogP contribution < -0.4 is 5.32 Å². The van der Waals surface area contributed by atoms with Gasteiger partial charge in [-0.15, -0.1) is 0 Å². The number of rotatable bonds is 3. The molecule has 0 atom stereocenters. The Kier molecular flexibility index (Phi) is 3.51. The first-order chi connectivity index (χ1) is 9.40. The molecule has 0 spiro atoms. The normalized spacial score (nSPS) is 10.3. The molecule has 6 nitrogen and oxygen atoms in total. The highest BCUT2D eigenvalue weighted by molar-refractivity contribution is 6.07. The minimum absolute atomic E-state index is 0.0595. The van der Waals surface area contributed by atoms with Crippen molar-refractivity contribution in [3.05, 3.63) is 46.9 Å². The second-order valence-electron chi connectivity index (χ2n) is 4.20. The molecule has 0 aliphatic carbocycles. The zero-order valence-corrected chi connectivity index (χ0v) is 10.8. The molecule has 0 aliphatic heterocycles. The molecular formula is C13H12FN3O3. The van der Waals surface area contributed by atoms with Gasteiger partial charge in [-0.3, -0.25) is 9.48 Å². The first-order valence-corrected chi connectivity index (χ1v) is 5.74. The lowest BCUT2D eigenvalue weighted by molar-refractivity contribution is 0.0697. The summed E-state index contributed by atoms with van der Waals surface area (Å²) >= 11 is 0. The molecule has 20 heavy (non-hydrogen) atoms. The van der Waals surface area contributed by atoms with Crippen LogP contribution in [0, 0.1) is 12.7 Å². The van der Waals surface area contributed by atoms with Crippen LogP contribution in [0.1, 0.15) is 26.4 Å². The van der Waals surface area contributed by atoms with E-state index in [1.807, 2.05) is 0 Å². The molecule has 0 unspecified atom stereocenters. The fraction of sp³-hybridized carbons (Fsp3) is 0.154. The van der Waals surface area contributed by atoms with E-state index in [1.54, 1.807) is 0 Å². The third kappa shape index (κ3) is 2.51. The summed E-state index contributed by atoms with van der Waals surface area (Å²) in [5.74, 6) is -2.28. The quantitative estimate of drug-likeness (QED) is 0.896. The molecule has 2 N–H and O–H groups in total. The first-order valence-electron chi connectivity index (χ1n) is 5.74. The van der Waals surface area contributed by atoms with Crippen molar-refractivity contribution in [2.45, 2.75) is 6.92 Å². The Morgan fingerprint density at radius 2 is 2.10 bits per heavy atom. The highest BCUT2D eigenvalue weighted by atomic mass is 19.1. The average molecular weight is 277 g/mol. The van der Waals surface area contributed by atoms with Crippen molar-refractivity contribution in [1.82, 2.24) is 9.78 Å². The molecule has 0 radical (unpaired) electrons. The van der Waals surface area contributed by atoms with Crippen molar-refractivity contribution in [2.24, 2.45) is 7.05 Å². The number of benzene rings is 1. The Morgan fingerprint density at radius 3 is 2.70 bits per heavy atom. The SMILES string of the molecule is Cc1nn(C)c(NC(=O)c2cccc(F)c2)c1C(=O)O. The molecule has 0 bridgehead atoms. The third-order valence-electron chi connectivity index (χ3n) is 2.75. The monoisotopic (exact) mass is 277 g/mol. The highest BCUT2D eigenvalue weighted by Crippen LogP contribution is 2.19. The van der Waals surface area contributed by atoms with E-state index in [2.05, 4.69) is 10.4 Å². The van der Waals surface area contributed by atoms with Crippen LogP contribution in [0.5, 0.6) is 0 Å². The topological polar surface area (TPSA) is 84.2 Å². The van der Waals surface area contributed by atoms with Gasteiger partial charge < -0.3 is 10.4 Å². The maximum atomic E-state index is 13.1. The number of hydrogen-bond acceptors (Lipinski definition) is 3. The van der Waals surface area contributed by atoms with Crippen LogP contribution in [-0.2, 0) is 7.05 Å². The number of carbonyl (C=O) groups is 2. The fourth-order valence-electron chi connectivity index (χ4n) is 1.87. The van der Waals surface area contributed by atoms with Crippen molar-refractivity contribution in [3.63, 3.8) is 0 Å². The fourth-order valence-corrected chi connectivity index (χ4v) is 1.87. The van der Waals surface area contributed by atoms with E-state index in [-0.39, 0.29) is 22.6 Å². The van der Waals surface area contributed by atoms with E-state index in [0.717, 1.165) is 6.07 Å². The van der Waals surface area contributed by atoms with Crippen LogP contribution in [0.15, 0.2) is 24.3 Å². The van der Waals surface area contributed by atoms with Crippen LogP contribution in [0.4, 0.5) is 10.2 Å². The third-order valence-corrected chi connectivity index (χ3v) is 2.75. The van der Waals surface area contributed by atoms with Gasteiger partial charge in [0.25, 0.3) is 5.91 Å². The van der Waals surface area contributed by atoms with E-state index >= 15 is 0 Å². The molecule has 2 rings (SSSR count). The van der Waals surface area contributed by atoms with Gasteiger partial charge in [0.1, 0.15) is 17.2 Å². The van der Waals surface area contributed by atoms with Crippen molar-refractivity contribution in [2.75, 3.05) is 5.32 Å². The number of amides is 1. The van der Waals surface area contributed by atoms with Gasteiger partial charge in [-0.1, -0.05) is 6.07 Å². The standard InChI is InChI=1S/C13H12FN3O3/c1-7-10(13(19)20)11(17(2)16-7)15-12(18)8-4-3-5-9(14)6-8/h3-6H,1-2H3,(H,15,18)(H,19,20). The summed E-state index contributed by atoms with van der Waals surface area (Å²) in [5.41, 5.74) is 0.298. The smallest absolute Gasteiger partial charge is 0.341 e. The number of carboxylic acid groups (broad SMARTS) is 1. The molecule has 7 heteroatoms. The molecule has 1 heterocycles. The summed E-state index contributed by atoms with van der Waals surface area (Å²) in [5, 5.41) is 15.5. The van der Waals surface area contributed by atoms with E-state index in [1.165, 1.54) is 36.9 Å². The lowest BCUT2D eigenvalue weighted by Crippen LogP contribution is -2.17. The van der Waals surface area contributed by atoms with E-state index in [4.69, 9.17) is 5.11 Å². The van der Waals surface area contributed by atoms with Gasteiger partial charge in [-0.25, -0.2) is 9.18 Å². The Balaban J connectivity index is 2.35. The number of anilines is 1. The molecule has 1 aromatic heterocycles. The van der Waals surface area contributed by atoms with E-state index in [0.29, 0.717) is 0 Å². The van der Waals surface area contributed by atoms with Gasteiger partial charge in [0, 0.05) is 12.6 Å². The summed E-state index contributed by atoms with van der Waals surface area (Å²) in [6.07, 6.45) is 0. The number of nitrogens with one attached hydrogen (secondary N) is 1. The van der Waals surface area contributed by atoms with Crippen LogP contribution in [0.3, 0.4) is 0 Å². The van der Waals surface area contributed by atoms with Crippen molar-refractivity contribution in [1.29, 1.82) is 0 Å². The highest BCUT2D eigenvalue weighted by Gasteiger charge is 2.21. The van der Waals surface area contributed by atoms with Crippen LogP contribution >= 0.6 is 0 Å². The molecule has 0 fully saturated rings. The Hall–Kier alpha value is -2.70. The van der Waals surface area contributed by atoms with Gasteiger partial charge in [0.15, 0.2) is 0 Å². The number of halogens is 1. The summed E-state index contributed by atoms with van der Waals surface area (Å²) < 4.78 is 14.3. The molecule has 0 aliphatic rings. The minimum Gasteiger partial charge on any atom is -0.477 e. The number of aromatic nitrogens is 2. The first kappa shape index (κ1) is 13.7. The largest absolute Gasteiger partial charge is 0.477 e. The Morgan fingerprint density at radius 1 is 1.40 bits per heavy atom. The molecule has 1 amide bonds. The lowest BCUT2D eigenvalue weighted by Gasteiger charge is -2.07. The predicted molar refractivity (Wildman–Crippen MR) is 69.3 cm³/mol. The Labute approximate surface area is 113 Å². The zero-order chi connectivity index (χ0) is 14.9. The van der Waals surface area contributed by atoms with Crippen molar-refractivity contribution in [3.8, 4) is 0 Å². The summed E-state index contributed by atoms with van der Waals surface area (Å²) in [4.78, 5) is 23.2. The van der Waals surface area contributed by atoms with Gasteiger partial charge in [-0.2, -0.15) is 5.10 Å². The van der Waals surface area contributed by atoms with Gasteiger partial charge >= 0.3 is 5.97 Å². The zero-order valence-electron chi connectivity index (χ0n) is 10.8. The minimum atomic E-state index is -1.19. The predicted octanol–water partition coefficient (Wildman–Crippen LogP) is 1.82. The number of nitrogens with zero attached hydrogens (tertiary/aromatic N) is 2. The second kappa shape index (κ2) is 5.12. The van der Waals surface area contributed by atoms with Gasteiger partial charge in [0.2, 0.25) is 0 Å². The summed E-state index contributed by atoms with van der Waals surface area (Å²) in [6.45, 7) is 1.53. The van der Waals surface area contributed by atoms with Crippen molar-refractivity contribution < 1.29 is 19.1 Å². The Bertz CT molecular complexity index is 694. The number of carbonyl (C=O) groups excluding carboxylic acids is 1. The molecule has 1 aromatic carbocycles. The summed E-state index contributed by atoms with van der Waals surface area (Å²) in [7, 11) is 1.51. The maximum absolute atomic E-state index is 13.1. The number of aromatic carboxylic acids is 1. The van der Waals surface area contributed by atoms with Crippen LogP contribution in [0.2, 0.25) is 0 Å². The van der Waals surface area contributed by atoms with Gasteiger partial charge in [-0.05, 0) is 25.1 Å². The van der Waals surface area contributed by atoms with Crippen molar-refractivity contribution >= 4 is 17.7 Å². The maximum Gasteiger partial charge on any atom is 0.341 e. The molecule has 2 aromatic rings. The molecular weight excluding hydrogens is 265 g/mol. The summed E-state index contributed by atoms with van der Waals surface area (Å²) in [6, 6.07) is 5.12.